The lowest BCUT2D eigenvalue weighted by Gasteiger charge is -2.10. The molecule has 1 unspecified atom stereocenters. The van der Waals surface area contributed by atoms with Gasteiger partial charge in [0, 0.05) is 0 Å². The van der Waals surface area contributed by atoms with Crippen molar-refractivity contribution in [1.29, 1.82) is 0 Å². The summed E-state index contributed by atoms with van der Waals surface area (Å²) in [4.78, 5) is 10.1. The maximum Gasteiger partial charge on any atom is 0.452 e. The molecule has 58 valence electrons. The first-order valence-electron chi connectivity index (χ1n) is 2.38. The average Bonchev–Trinajstić information content (AvgIpc) is 2.11. The van der Waals surface area contributed by atoms with Crippen molar-refractivity contribution in [3.63, 3.8) is 0 Å². The monoisotopic (exact) mass is 156 g/mol. The van der Waals surface area contributed by atoms with Gasteiger partial charge in [-0.15, -0.1) is 0 Å². The Hall–Kier alpha value is -0.780. The number of alkyl halides is 3. The summed E-state index contributed by atoms with van der Waals surface area (Å²) in [7, 11) is 0. The van der Waals surface area contributed by atoms with Gasteiger partial charge >= 0.3 is 18.4 Å². The lowest BCUT2D eigenvalue weighted by atomic mass is 10.6. The van der Waals surface area contributed by atoms with Crippen LogP contribution in [0.2, 0.25) is 0 Å². The van der Waals surface area contributed by atoms with Gasteiger partial charge in [0.05, 0.1) is 0 Å². The van der Waals surface area contributed by atoms with Crippen molar-refractivity contribution in [1.82, 2.24) is 0 Å². The molecule has 0 aliphatic carbocycles. The standard InChI is InChI=1S/C4H3F3O3/c5-4(6,7)3-9-1-2(8)10-3/h3H,1H2. The molecule has 0 amide bonds. The van der Waals surface area contributed by atoms with Crippen molar-refractivity contribution in [3.8, 4) is 0 Å². The van der Waals surface area contributed by atoms with E-state index in [-0.39, 0.29) is 0 Å². The molecule has 1 atom stereocenters. The van der Waals surface area contributed by atoms with Gasteiger partial charge in [0.2, 0.25) is 0 Å². The molecule has 0 spiro atoms. The molecule has 0 aromatic carbocycles. The fourth-order valence-corrected chi connectivity index (χ4v) is 0.492. The fourth-order valence-electron chi connectivity index (χ4n) is 0.492. The molecule has 1 fully saturated rings. The summed E-state index contributed by atoms with van der Waals surface area (Å²) in [6.45, 7) is -0.621. The molecular formula is C4H3F3O3. The summed E-state index contributed by atoms with van der Waals surface area (Å²) < 4.78 is 42.3. The van der Waals surface area contributed by atoms with Crippen LogP contribution >= 0.6 is 0 Å². The fraction of sp³-hybridized carbons (Fsp3) is 0.750. The first kappa shape index (κ1) is 7.33. The van der Waals surface area contributed by atoms with Gasteiger partial charge in [-0.2, -0.15) is 13.2 Å². The molecule has 1 aliphatic rings. The van der Waals surface area contributed by atoms with E-state index in [9.17, 15) is 18.0 Å². The van der Waals surface area contributed by atoms with Crippen molar-refractivity contribution in [2.75, 3.05) is 6.61 Å². The highest BCUT2D eigenvalue weighted by Gasteiger charge is 2.47. The zero-order valence-corrected chi connectivity index (χ0v) is 4.64. The van der Waals surface area contributed by atoms with Gasteiger partial charge in [-0.3, -0.25) is 0 Å². The van der Waals surface area contributed by atoms with Gasteiger partial charge in [-0.25, -0.2) is 4.79 Å². The largest absolute Gasteiger partial charge is 0.452 e. The molecule has 1 rings (SSSR count). The number of esters is 1. The number of ether oxygens (including phenoxy) is 2. The van der Waals surface area contributed by atoms with Crippen LogP contribution in [0.15, 0.2) is 0 Å². The van der Waals surface area contributed by atoms with Crippen molar-refractivity contribution in [2.45, 2.75) is 12.5 Å². The SMILES string of the molecule is O=C1COC(C(F)(F)F)O1. The Morgan fingerprint density at radius 1 is 1.50 bits per heavy atom. The number of rotatable bonds is 0. The molecule has 1 saturated heterocycles. The van der Waals surface area contributed by atoms with Gasteiger partial charge in [0.1, 0.15) is 6.61 Å². The minimum absolute atomic E-state index is 0.621. The number of carbonyl (C=O) groups is 1. The average molecular weight is 156 g/mol. The van der Waals surface area contributed by atoms with Gasteiger partial charge < -0.3 is 9.47 Å². The second-order valence-electron chi connectivity index (χ2n) is 1.67. The molecule has 3 nitrogen and oxygen atoms in total. The second-order valence-corrected chi connectivity index (χ2v) is 1.67. The van der Waals surface area contributed by atoms with Gasteiger partial charge in [0.25, 0.3) is 0 Å². The van der Waals surface area contributed by atoms with E-state index in [4.69, 9.17) is 0 Å². The predicted molar refractivity (Wildman–Crippen MR) is 21.9 cm³/mol. The summed E-state index contributed by atoms with van der Waals surface area (Å²) in [5, 5.41) is 0. The predicted octanol–water partition coefficient (Wildman–Crippen LogP) is 0.448. The van der Waals surface area contributed by atoms with Gasteiger partial charge in [0.15, 0.2) is 0 Å². The molecule has 0 N–H and O–H groups in total. The topological polar surface area (TPSA) is 35.5 Å². The molecule has 10 heavy (non-hydrogen) atoms. The first-order chi connectivity index (χ1) is 4.50. The van der Waals surface area contributed by atoms with E-state index in [2.05, 4.69) is 9.47 Å². The Labute approximate surface area is 53.7 Å². The van der Waals surface area contributed by atoms with Crippen LogP contribution in [0.4, 0.5) is 13.2 Å². The Balaban J connectivity index is 2.53. The number of carbonyl (C=O) groups excluding carboxylic acids is 1. The number of cyclic esters (lactones) is 1. The normalized spacial score (nSPS) is 26.7. The maximum atomic E-state index is 11.5. The second kappa shape index (κ2) is 2.12. The van der Waals surface area contributed by atoms with Crippen LogP contribution < -0.4 is 0 Å². The number of hydrogen-bond acceptors (Lipinski definition) is 3. The molecule has 1 aliphatic heterocycles. The van der Waals surface area contributed by atoms with Crippen LogP contribution in [0.5, 0.6) is 0 Å². The zero-order valence-electron chi connectivity index (χ0n) is 4.64. The van der Waals surface area contributed by atoms with Crippen molar-refractivity contribution < 1.29 is 27.4 Å². The number of hydrogen-bond donors (Lipinski definition) is 0. The Bertz CT molecular complexity index is 152. The van der Waals surface area contributed by atoms with E-state index in [1.807, 2.05) is 0 Å². The lowest BCUT2D eigenvalue weighted by Crippen LogP contribution is -2.29. The Morgan fingerprint density at radius 2 is 2.10 bits per heavy atom. The molecule has 0 bridgehead atoms. The van der Waals surface area contributed by atoms with Crippen molar-refractivity contribution >= 4 is 5.97 Å². The highest BCUT2D eigenvalue weighted by Crippen LogP contribution is 2.26. The van der Waals surface area contributed by atoms with E-state index in [1.165, 1.54) is 0 Å². The molecule has 0 saturated carbocycles. The van der Waals surface area contributed by atoms with E-state index < -0.39 is 25.0 Å². The van der Waals surface area contributed by atoms with Crippen LogP contribution in [0.1, 0.15) is 0 Å². The van der Waals surface area contributed by atoms with Crippen molar-refractivity contribution in [2.24, 2.45) is 0 Å². The molecule has 1 heterocycles. The molecule has 0 radical (unpaired) electrons. The van der Waals surface area contributed by atoms with E-state index in [0.717, 1.165) is 0 Å². The quantitative estimate of drug-likeness (QED) is 0.477. The summed E-state index contributed by atoms with van der Waals surface area (Å²) in [5.74, 6) is -0.984. The first-order valence-corrected chi connectivity index (χ1v) is 2.38. The Morgan fingerprint density at radius 3 is 2.30 bits per heavy atom. The number of halogens is 3. The molecule has 6 heteroatoms. The van der Waals surface area contributed by atoms with E-state index >= 15 is 0 Å². The van der Waals surface area contributed by atoms with E-state index in [1.54, 1.807) is 0 Å². The maximum absolute atomic E-state index is 11.5. The third-order valence-electron chi connectivity index (χ3n) is 0.858. The van der Waals surface area contributed by atoms with Gasteiger partial charge in [-0.1, -0.05) is 0 Å². The Kier molecular flexibility index (Phi) is 1.55. The molecule has 0 aromatic heterocycles. The molecular weight excluding hydrogens is 153 g/mol. The summed E-state index contributed by atoms with van der Waals surface area (Å²) in [5.41, 5.74) is 0. The summed E-state index contributed by atoms with van der Waals surface area (Å²) in [6.07, 6.45) is -6.97. The summed E-state index contributed by atoms with van der Waals surface area (Å²) in [6, 6.07) is 0. The third kappa shape index (κ3) is 1.38. The highest BCUT2D eigenvalue weighted by atomic mass is 19.4. The van der Waals surface area contributed by atoms with Crippen LogP contribution in [-0.2, 0) is 14.3 Å². The van der Waals surface area contributed by atoms with E-state index in [0.29, 0.717) is 0 Å². The third-order valence-corrected chi connectivity index (χ3v) is 0.858. The minimum atomic E-state index is -4.61. The molecule has 0 aromatic rings. The lowest BCUT2D eigenvalue weighted by molar-refractivity contribution is -0.270. The van der Waals surface area contributed by atoms with Crippen LogP contribution in [0.3, 0.4) is 0 Å². The van der Waals surface area contributed by atoms with Gasteiger partial charge in [-0.05, 0) is 0 Å². The minimum Gasteiger partial charge on any atom is -0.424 e. The highest BCUT2D eigenvalue weighted by molar-refractivity contribution is 5.72. The van der Waals surface area contributed by atoms with Crippen LogP contribution in [-0.4, -0.2) is 25.0 Å². The van der Waals surface area contributed by atoms with Crippen LogP contribution in [0.25, 0.3) is 0 Å². The van der Waals surface area contributed by atoms with Crippen molar-refractivity contribution in [3.05, 3.63) is 0 Å². The zero-order chi connectivity index (χ0) is 7.78. The summed E-state index contributed by atoms with van der Waals surface area (Å²) >= 11 is 0. The smallest absolute Gasteiger partial charge is 0.424 e. The van der Waals surface area contributed by atoms with Crippen LogP contribution in [0, 0.1) is 0 Å².